The number of nitrogens with one attached hydrogen (secondary N) is 2. The Morgan fingerprint density at radius 3 is 2.48 bits per heavy atom. The lowest BCUT2D eigenvalue weighted by Crippen LogP contribution is -2.41. The standard InChI is InChI=1S/C20H24FN3O/c1-2-22-19(23-13-15-7-9-16(25)10-8-15)24-14-20(11-12-20)17-5-3-4-6-18(17)21/h3-10,25H,2,11-14H2,1H3,(H2,22,23,24). The number of rotatable bonds is 6. The van der Waals surface area contributed by atoms with Crippen molar-refractivity contribution in [2.45, 2.75) is 31.7 Å². The molecule has 1 saturated carbocycles. The zero-order valence-electron chi connectivity index (χ0n) is 14.4. The van der Waals surface area contributed by atoms with Gasteiger partial charge in [-0.1, -0.05) is 30.3 Å². The highest BCUT2D eigenvalue weighted by molar-refractivity contribution is 5.80. The van der Waals surface area contributed by atoms with Crippen LogP contribution in [0.3, 0.4) is 0 Å². The number of nitrogens with zero attached hydrogens (tertiary/aromatic N) is 1. The van der Waals surface area contributed by atoms with Crippen molar-refractivity contribution >= 4 is 5.96 Å². The van der Waals surface area contributed by atoms with Gasteiger partial charge in [-0.3, -0.25) is 0 Å². The number of benzene rings is 2. The second-order valence-electron chi connectivity index (χ2n) is 6.48. The lowest BCUT2D eigenvalue weighted by atomic mass is 9.95. The molecule has 0 spiro atoms. The molecule has 4 nitrogen and oxygen atoms in total. The van der Waals surface area contributed by atoms with Gasteiger partial charge in [0.2, 0.25) is 0 Å². The summed E-state index contributed by atoms with van der Waals surface area (Å²) in [4.78, 5) is 4.58. The Balaban J connectivity index is 1.65. The summed E-state index contributed by atoms with van der Waals surface area (Å²) < 4.78 is 14.1. The highest BCUT2D eigenvalue weighted by Gasteiger charge is 2.45. The molecule has 5 heteroatoms. The van der Waals surface area contributed by atoms with Gasteiger partial charge in [-0.2, -0.15) is 0 Å². The largest absolute Gasteiger partial charge is 0.508 e. The summed E-state index contributed by atoms with van der Waals surface area (Å²) in [5.74, 6) is 0.837. The average molecular weight is 341 g/mol. The molecule has 2 aromatic rings. The van der Waals surface area contributed by atoms with Crippen LogP contribution in [0.1, 0.15) is 30.9 Å². The molecule has 0 aliphatic heterocycles. The predicted octanol–water partition coefficient (Wildman–Crippen LogP) is 3.32. The number of halogens is 1. The maximum absolute atomic E-state index is 14.1. The average Bonchev–Trinajstić information content (AvgIpc) is 3.40. The molecule has 1 aliphatic carbocycles. The maximum atomic E-state index is 14.1. The minimum absolute atomic E-state index is 0.125. The van der Waals surface area contributed by atoms with Gasteiger partial charge in [0.15, 0.2) is 5.96 Å². The highest BCUT2D eigenvalue weighted by atomic mass is 19.1. The number of aliphatic imine (C=N–C) groups is 1. The van der Waals surface area contributed by atoms with Gasteiger partial charge in [0, 0.05) is 18.5 Å². The molecule has 0 heterocycles. The smallest absolute Gasteiger partial charge is 0.191 e. The van der Waals surface area contributed by atoms with Crippen molar-refractivity contribution in [2.75, 3.05) is 13.1 Å². The van der Waals surface area contributed by atoms with E-state index in [4.69, 9.17) is 0 Å². The van der Waals surface area contributed by atoms with Crippen molar-refractivity contribution < 1.29 is 9.50 Å². The van der Waals surface area contributed by atoms with E-state index in [1.165, 1.54) is 6.07 Å². The first-order chi connectivity index (χ1) is 12.1. The molecule has 25 heavy (non-hydrogen) atoms. The Hall–Kier alpha value is -2.56. The van der Waals surface area contributed by atoms with E-state index in [9.17, 15) is 9.50 Å². The van der Waals surface area contributed by atoms with Crippen LogP contribution in [0.4, 0.5) is 4.39 Å². The molecule has 132 valence electrons. The van der Waals surface area contributed by atoms with Crippen molar-refractivity contribution in [3.05, 3.63) is 65.5 Å². The van der Waals surface area contributed by atoms with E-state index in [1.54, 1.807) is 18.2 Å². The molecule has 0 aromatic heterocycles. The number of phenolic OH excluding ortho intramolecular Hbond substituents is 1. The van der Waals surface area contributed by atoms with E-state index in [0.717, 1.165) is 36.5 Å². The number of hydrogen-bond donors (Lipinski definition) is 3. The van der Waals surface area contributed by atoms with Gasteiger partial charge in [-0.15, -0.1) is 0 Å². The molecule has 1 fully saturated rings. The zero-order valence-corrected chi connectivity index (χ0v) is 14.4. The minimum atomic E-state index is -0.132. The lowest BCUT2D eigenvalue weighted by Gasteiger charge is -2.19. The molecule has 0 radical (unpaired) electrons. The molecule has 1 aliphatic rings. The molecular formula is C20H24FN3O. The van der Waals surface area contributed by atoms with Crippen LogP contribution in [0.5, 0.6) is 5.75 Å². The fraction of sp³-hybridized carbons (Fsp3) is 0.350. The normalized spacial score (nSPS) is 15.7. The Labute approximate surface area is 147 Å². The topological polar surface area (TPSA) is 56.7 Å². The van der Waals surface area contributed by atoms with Crippen LogP contribution in [-0.4, -0.2) is 24.2 Å². The number of phenols is 1. The number of hydrogen-bond acceptors (Lipinski definition) is 2. The van der Waals surface area contributed by atoms with Crippen molar-refractivity contribution in [3.8, 4) is 5.75 Å². The van der Waals surface area contributed by atoms with Crippen LogP contribution in [0.25, 0.3) is 0 Å². The van der Waals surface area contributed by atoms with Crippen molar-refractivity contribution in [3.63, 3.8) is 0 Å². The van der Waals surface area contributed by atoms with E-state index in [1.807, 2.05) is 31.2 Å². The van der Waals surface area contributed by atoms with Gasteiger partial charge in [-0.25, -0.2) is 9.38 Å². The second-order valence-corrected chi connectivity index (χ2v) is 6.48. The van der Waals surface area contributed by atoms with Gasteiger partial charge >= 0.3 is 0 Å². The van der Waals surface area contributed by atoms with Crippen LogP contribution < -0.4 is 10.6 Å². The monoisotopic (exact) mass is 341 g/mol. The summed E-state index contributed by atoms with van der Waals surface area (Å²) in [5, 5.41) is 15.9. The van der Waals surface area contributed by atoms with Gasteiger partial charge in [-0.05, 0) is 49.1 Å². The van der Waals surface area contributed by atoms with E-state index in [0.29, 0.717) is 13.1 Å². The fourth-order valence-corrected chi connectivity index (χ4v) is 2.95. The summed E-state index contributed by atoms with van der Waals surface area (Å²) >= 11 is 0. The molecular weight excluding hydrogens is 317 g/mol. The summed E-state index contributed by atoms with van der Waals surface area (Å²) in [5.41, 5.74) is 1.68. The quantitative estimate of drug-likeness (QED) is 0.558. The van der Waals surface area contributed by atoms with Crippen molar-refractivity contribution in [1.29, 1.82) is 0 Å². The third kappa shape index (κ3) is 4.29. The van der Waals surface area contributed by atoms with Crippen molar-refractivity contribution in [2.24, 2.45) is 4.99 Å². The first-order valence-electron chi connectivity index (χ1n) is 8.68. The molecule has 0 amide bonds. The van der Waals surface area contributed by atoms with E-state index in [2.05, 4.69) is 15.6 Å². The Morgan fingerprint density at radius 1 is 1.12 bits per heavy atom. The molecule has 2 aromatic carbocycles. The summed E-state index contributed by atoms with van der Waals surface area (Å²) in [6, 6.07) is 14.0. The van der Waals surface area contributed by atoms with Gasteiger partial charge in [0.25, 0.3) is 0 Å². The molecule has 3 rings (SSSR count). The first-order valence-corrected chi connectivity index (χ1v) is 8.68. The van der Waals surface area contributed by atoms with Gasteiger partial charge in [0.1, 0.15) is 11.6 Å². The van der Waals surface area contributed by atoms with Crippen LogP contribution in [0.2, 0.25) is 0 Å². The third-order valence-electron chi connectivity index (χ3n) is 4.59. The summed E-state index contributed by atoms with van der Waals surface area (Å²) in [6.45, 7) is 3.95. The summed E-state index contributed by atoms with van der Waals surface area (Å²) in [7, 11) is 0. The lowest BCUT2D eigenvalue weighted by molar-refractivity contribution is 0.475. The molecule has 0 atom stereocenters. The minimum Gasteiger partial charge on any atom is -0.508 e. The van der Waals surface area contributed by atoms with Crippen LogP contribution in [0.15, 0.2) is 53.5 Å². The Morgan fingerprint density at radius 2 is 1.84 bits per heavy atom. The van der Waals surface area contributed by atoms with E-state index >= 15 is 0 Å². The second kappa shape index (κ2) is 7.55. The zero-order chi connectivity index (χ0) is 17.7. The van der Waals surface area contributed by atoms with Crippen LogP contribution in [0, 0.1) is 5.82 Å². The highest BCUT2D eigenvalue weighted by Crippen LogP contribution is 2.48. The van der Waals surface area contributed by atoms with Crippen molar-refractivity contribution in [1.82, 2.24) is 10.6 Å². The Bertz CT molecular complexity index is 739. The van der Waals surface area contributed by atoms with E-state index in [-0.39, 0.29) is 17.0 Å². The molecule has 0 saturated heterocycles. The summed E-state index contributed by atoms with van der Waals surface area (Å²) in [6.07, 6.45) is 1.97. The molecule has 0 bridgehead atoms. The number of aromatic hydroxyl groups is 1. The number of guanidine groups is 1. The first kappa shape index (κ1) is 17.3. The fourth-order valence-electron chi connectivity index (χ4n) is 2.95. The maximum Gasteiger partial charge on any atom is 0.191 e. The van der Waals surface area contributed by atoms with Gasteiger partial charge < -0.3 is 15.7 Å². The van der Waals surface area contributed by atoms with Gasteiger partial charge in [0.05, 0.1) is 6.54 Å². The molecule has 0 unspecified atom stereocenters. The Kier molecular flexibility index (Phi) is 5.22. The SMILES string of the molecule is CCNC(=NCc1ccc(O)cc1)NCC1(c2ccccc2F)CC1. The molecule has 3 N–H and O–H groups in total. The van der Waals surface area contributed by atoms with E-state index < -0.39 is 0 Å². The van der Waals surface area contributed by atoms with Crippen LogP contribution >= 0.6 is 0 Å². The van der Waals surface area contributed by atoms with Crippen LogP contribution in [-0.2, 0) is 12.0 Å². The third-order valence-corrected chi connectivity index (χ3v) is 4.59. The predicted molar refractivity (Wildman–Crippen MR) is 98.2 cm³/mol.